The van der Waals surface area contributed by atoms with E-state index in [0.29, 0.717) is 13.1 Å². The van der Waals surface area contributed by atoms with E-state index in [4.69, 9.17) is 4.74 Å². The Morgan fingerprint density at radius 3 is 2.39 bits per heavy atom. The van der Waals surface area contributed by atoms with Crippen LogP contribution in [0, 0.1) is 0 Å². The maximum absolute atomic E-state index is 13.0. The molecule has 1 amide bonds. The van der Waals surface area contributed by atoms with Gasteiger partial charge in [-0.1, -0.05) is 0 Å². The molecule has 0 bridgehead atoms. The molecule has 128 valence electrons. The lowest BCUT2D eigenvalue weighted by Crippen LogP contribution is -2.39. The molecule has 0 radical (unpaired) electrons. The van der Waals surface area contributed by atoms with E-state index in [0.717, 1.165) is 18.6 Å². The highest BCUT2D eigenvalue weighted by Gasteiger charge is 2.37. The third kappa shape index (κ3) is 4.64. The molecule has 0 atom stereocenters. The Labute approximate surface area is 132 Å². The van der Waals surface area contributed by atoms with Gasteiger partial charge in [0.1, 0.15) is 17.2 Å². The van der Waals surface area contributed by atoms with E-state index in [1.165, 1.54) is 0 Å². The Morgan fingerprint density at radius 2 is 1.91 bits per heavy atom. The second kappa shape index (κ2) is 6.13. The van der Waals surface area contributed by atoms with Crippen molar-refractivity contribution in [2.75, 3.05) is 23.4 Å². The van der Waals surface area contributed by atoms with Gasteiger partial charge in [-0.3, -0.25) is 5.43 Å². The van der Waals surface area contributed by atoms with Crippen LogP contribution in [0.25, 0.3) is 0 Å². The predicted molar refractivity (Wildman–Crippen MR) is 79.1 cm³/mol. The summed E-state index contributed by atoms with van der Waals surface area (Å²) in [6.45, 7) is 6.15. The number of carbonyl (C=O) groups excluding carboxylic acids is 1. The summed E-state index contributed by atoms with van der Waals surface area (Å²) in [5, 5.41) is 0. The molecule has 0 saturated carbocycles. The largest absolute Gasteiger partial charge is 0.443 e. The molecule has 23 heavy (non-hydrogen) atoms. The van der Waals surface area contributed by atoms with E-state index in [1.54, 1.807) is 25.7 Å². The molecule has 1 saturated heterocycles. The number of halogens is 3. The molecular weight excluding hydrogens is 313 g/mol. The van der Waals surface area contributed by atoms with E-state index >= 15 is 0 Å². The number of nitrogens with zero attached hydrogens (tertiary/aromatic N) is 2. The molecule has 1 fully saturated rings. The van der Waals surface area contributed by atoms with Crippen molar-refractivity contribution in [1.82, 2.24) is 10.4 Å². The van der Waals surface area contributed by atoms with Crippen LogP contribution in [-0.4, -0.2) is 29.8 Å². The summed E-state index contributed by atoms with van der Waals surface area (Å²) < 4.78 is 44.1. The molecule has 0 aliphatic carbocycles. The van der Waals surface area contributed by atoms with Crippen molar-refractivity contribution in [3.05, 3.63) is 17.7 Å². The highest BCUT2D eigenvalue weighted by Crippen LogP contribution is 2.37. The average Bonchev–Trinajstić information content (AvgIpc) is 2.31. The van der Waals surface area contributed by atoms with Crippen LogP contribution in [0.15, 0.2) is 12.1 Å². The molecule has 2 N–H and O–H groups in total. The van der Waals surface area contributed by atoms with E-state index in [9.17, 15) is 18.0 Å². The average molecular weight is 332 g/mol. The van der Waals surface area contributed by atoms with Crippen LogP contribution >= 0.6 is 0 Å². The fourth-order valence-electron chi connectivity index (χ4n) is 1.93. The monoisotopic (exact) mass is 332 g/mol. The van der Waals surface area contributed by atoms with E-state index in [-0.39, 0.29) is 11.6 Å². The van der Waals surface area contributed by atoms with Gasteiger partial charge in [-0.25, -0.2) is 15.2 Å². The van der Waals surface area contributed by atoms with Crippen LogP contribution in [0.3, 0.4) is 0 Å². The number of alkyl halides is 3. The maximum atomic E-state index is 13.0. The number of aromatic nitrogens is 1. The zero-order chi connectivity index (χ0) is 17.3. The number of pyridine rings is 1. The smallest absolute Gasteiger partial charge is 0.426 e. The van der Waals surface area contributed by atoms with Gasteiger partial charge >= 0.3 is 12.3 Å². The number of rotatable bonds is 3. The minimum Gasteiger partial charge on any atom is -0.443 e. The number of hydrazine groups is 1. The zero-order valence-electron chi connectivity index (χ0n) is 13.1. The van der Waals surface area contributed by atoms with Gasteiger partial charge in [-0.15, -0.1) is 0 Å². The van der Waals surface area contributed by atoms with Crippen LogP contribution in [0.5, 0.6) is 0 Å². The van der Waals surface area contributed by atoms with Crippen molar-refractivity contribution in [1.29, 1.82) is 0 Å². The Morgan fingerprint density at radius 1 is 1.26 bits per heavy atom. The molecule has 0 spiro atoms. The highest BCUT2D eigenvalue weighted by atomic mass is 19.4. The van der Waals surface area contributed by atoms with Gasteiger partial charge in [0.25, 0.3) is 0 Å². The minimum atomic E-state index is -4.48. The summed E-state index contributed by atoms with van der Waals surface area (Å²) in [5.74, 6) is -0.0366. The van der Waals surface area contributed by atoms with Crippen molar-refractivity contribution in [3.63, 3.8) is 0 Å². The van der Waals surface area contributed by atoms with Crippen LogP contribution < -0.4 is 15.8 Å². The molecule has 0 unspecified atom stereocenters. The fraction of sp³-hybridized carbons (Fsp3) is 0.571. The first-order valence-corrected chi connectivity index (χ1v) is 7.14. The second-order valence-corrected chi connectivity index (χ2v) is 6.16. The standard InChI is InChI=1S/C14H19F3N4O2/c1-13(2,3)23-12(22)20-19-10-6-5-9(14(15,16)17)11(18-10)21-7-4-8-21/h5-6H,4,7-8H2,1-3H3,(H,18,19)(H,20,22). The van der Waals surface area contributed by atoms with Gasteiger partial charge in [0.15, 0.2) is 0 Å². The first-order chi connectivity index (χ1) is 10.6. The van der Waals surface area contributed by atoms with Gasteiger partial charge < -0.3 is 9.64 Å². The molecular formula is C14H19F3N4O2. The zero-order valence-corrected chi connectivity index (χ0v) is 13.1. The van der Waals surface area contributed by atoms with Crippen LogP contribution in [0.4, 0.5) is 29.6 Å². The summed E-state index contributed by atoms with van der Waals surface area (Å²) in [5.41, 5.74) is 3.23. The number of amides is 1. The van der Waals surface area contributed by atoms with Gasteiger partial charge in [0.2, 0.25) is 0 Å². The first-order valence-electron chi connectivity index (χ1n) is 7.14. The molecule has 9 heteroatoms. The van der Waals surface area contributed by atoms with Crippen LogP contribution in [0.1, 0.15) is 32.8 Å². The summed E-state index contributed by atoms with van der Waals surface area (Å²) in [7, 11) is 0. The van der Waals surface area contributed by atoms with Gasteiger partial charge in [0, 0.05) is 13.1 Å². The highest BCUT2D eigenvalue weighted by molar-refractivity contribution is 5.69. The van der Waals surface area contributed by atoms with Crippen molar-refractivity contribution >= 4 is 17.7 Å². The summed E-state index contributed by atoms with van der Waals surface area (Å²) in [6.07, 6.45) is -4.40. The van der Waals surface area contributed by atoms with Gasteiger partial charge in [-0.2, -0.15) is 13.2 Å². The van der Waals surface area contributed by atoms with Crippen molar-refractivity contribution in [2.45, 2.75) is 39.0 Å². The third-order valence-corrected chi connectivity index (χ3v) is 3.03. The first kappa shape index (κ1) is 17.2. The number of carbonyl (C=O) groups is 1. The van der Waals surface area contributed by atoms with E-state index < -0.39 is 23.4 Å². The topological polar surface area (TPSA) is 66.5 Å². The normalized spacial score (nSPS) is 15.0. The molecule has 1 aromatic heterocycles. The Balaban J connectivity index is 2.10. The quantitative estimate of drug-likeness (QED) is 0.832. The summed E-state index contributed by atoms with van der Waals surface area (Å²) >= 11 is 0. The molecule has 2 rings (SSSR count). The summed E-state index contributed by atoms with van der Waals surface area (Å²) in [6, 6.07) is 2.10. The molecule has 6 nitrogen and oxygen atoms in total. The summed E-state index contributed by atoms with van der Waals surface area (Å²) in [4.78, 5) is 17.0. The molecule has 0 aromatic carbocycles. The van der Waals surface area contributed by atoms with Crippen molar-refractivity contribution < 1.29 is 22.7 Å². The number of ether oxygens (including phenoxy) is 1. The van der Waals surface area contributed by atoms with Crippen LogP contribution in [-0.2, 0) is 10.9 Å². The van der Waals surface area contributed by atoms with Crippen molar-refractivity contribution in [2.24, 2.45) is 0 Å². The Kier molecular flexibility index (Phi) is 4.58. The molecule has 1 aliphatic rings. The predicted octanol–water partition coefficient (Wildman–Crippen LogP) is 3.16. The maximum Gasteiger partial charge on any atom is 0.426 e. The van der Waals surface area contributed by atoms with Crippen molar-refractivity contribution in [3.8, 4) is 0 Å². The fourth-order valence-corrected chi connectivity index (χ4v) is 1.93. The molecule has 2 heterocycles. The Bertz CT molecular complexity index is 580. The molecule has 1 aliphatic heterocycles. The van der Waals surface area contributed by atoms with Gasteiger partial charge in [-0.05, 0) is 39.3 Å². The lowest BCUT2D eigenvalue weighted by Gasteiger charge is -2.34. The number of anilines is 2. The van der Waals surface area contributed by atoms with E-state index in [2.05, 4.69) is 15.8 Å². The number of hydrogen-bond acceptors (Lipinski definition) is 5. The van der Waals surface area contributed by atoms with Crippen LogP contribution in [0.2, 0.25) is 0 Å². The third-order valence-electron chi connectivity index (χ3n) is 3.03. The number of nitrogens with one attached hydrogen (secondary N) is 2. The lowest BCUT2D eigenvalue weighted by atomic mass is 10.1. The lowest BCUT2D eigenvalue weighted by molar-refractivity contribution is -0.137. The minimum absolute atomic E-state index is 0.103. The van der Waals surface area contributed by atoms with E-state index in [1.807, 2.05) is 0 Å². The Hall–Kier alpha value is -2.19. The number of hydrogen-bond donors (Lipinski definition) is 2. The second-order valence-electron chi connectivity index (χ2n) is 6.16. The molecule has 1 aromatic rings. The van der Waals surface area contributed by atoms with Gasteiger partial charge in [0.05, 0.1) is 5.56 Å². The SMILES string of the molecule is CC(C)(C)OC(=O)NNc1ccc(C(F)(F)F)c(N2CCC2)n1.